The van der Waals surface area contributed by atoms with E-state index >= 15 is 0 Å². The van der Waals surface area contributed by atoms with Crippen LogP contribution >= 0.6 is 15.9 Å². The Balaban J connectivity index is 2.37. The fourth-order valence-electron chi connectivity index (χ4n) is 2.13. The van der Waals surface area contributed by atoms with E-state index in [-0.39, 0.29) is 6.04 Å². The van der Waals surface area contributed by atoms with Crippen molar-refractivity contribution < 1.29 is 0 Å². The number of halogens is 1. The first kappa shape index (κ1) is 11.0. The van der Waals surface area contributed by atoms with E-state index in [0.29, 0.717) is 0 Å². The minimum atomic E-state index is 0.105. The maximum absolute atomic E-state index is 5.99. The largest absolute Gasteiger partial charge is 0.371 e. The van der Waals surface area contributed by atoms with Crippen LogP contribution in [0.4, 0.5) is 5.69 Å². The molecule has 1 saturated heterocycles. The lowest BCUT2D eigenvalue weighted by atomic mass is 10.1. The predicted molar refractivity (Wildman–Crippen MR) is 68.2 cm³/mol. The zero-order valence-corrected chi connectivity index (χ0v) is 10.6. The quantitative estimate of drug-likeness (QED) is 0.894. The molecule has 0 radical (unpaired) electrons. The van der Waals surface area contributed by atoms with Crippen LogP contribution in [0.25, 0.3) is 0 Å². The van der Waals surface area contributed by atoms with Crippen molar-refractivity contribution in [2.24, 2.45) is 5.73 Å². The van der Waals surface area contributed by atoms with Gasteiger partial charge in [0.05, 0.1) is 0 Å². The molecule has 1 atom stereocenters. The van der Waals surface area contributed by atoms with Crippen molar-refractivity contribution in [1.82, 2.24) is 0 Å². The van der Waals surface area contributed by atoms with Crippen molar-refractivity contribution in [3.05, 3.63) is 28.2 Å². The minimum Gasteiger partial charge on any atom is -0.371 e. The summed E-state index contributed by atoms with van der Waals surface area (Å²) in [6.07, 6.45) is 2.59. The highest BCUT2D eigenvalue weighted by molar-refractivity contribution is 9.10. The molecule has 1 unspecified atom stereocenters. The van der Waals surface area contributed by atoms with Gasteiger partial charge in [-0.3, -0.25) is 0 Å². The number of anilines is 1. The molecule has 2 N–H and O–H groups in total. The summed E-state index contributed by atoms with van der Waals surface area (Å²) in [7, 11) is 0. The molecule has 82 valence electrons. The number of rotatable bonds is 2. The van der Waals surface area contributed by atoms with Gasteiger partial charge >= 0.3 is 0 Å². The molecule has 0 aromatic heterocycles. The van der Waals surface area contributed by atoms with E-state index < -0.39 is 0 Å². The summed E-state index contributed by atoms with van der Waals surface area (Å²) in [5.41, 5.74) is 8.54. The molecule has 15 heavy (non-hydrogen) atoms. The van der Waals surface area contributed by atoms with Crippen LogP contribution in [-0.2, 0) is 0 Å². The molecule has 0 bridgehead atoms. The van der Waals surface area contributed by atoms with Gasteiger partial charge < -0.3 is 10.6 Å². The molecule has 1 heterocycles. The van der Waals surface area contributed by atoms with Crippen molar-refractivity contribution in [2.75, 3.05) is 18.0 Å². The summed E-state index contributed by atoms with van der Waals surface area (Å²) in [6.45, 7) is 4.37. The summed E-state index contributed by atoms with van der Waals surface area (Å²) in [6, 6.07) is 6.48. The van der Waals surface area contributed by atoms with Crippen LogP contribution in [-0.4, -0.2) is 13.1 Å². The Labute approximate surface area is 99.6 Å². The van der Waals surface area contributed by atoms with Crippen LogP contribution in [0.1, 0.15) is 31.4 Å². The van der Waals surface area contributed by atoms with Gasteiger partial charge in [0.2, 0.25) is 0 Å². The lowest BCUT2D eigenvalue weighted by molar-refractivity contribution is 0.805. The van der Waals surface area contributed by atoms with Gasteiger partial charge in [0.15, 0.2) is 0 Å². The van der Waals surface area contributed by atoms with Gasteiger partial charge in [0.25, 0.3) is 0 Å². The highest BCUT2D eigenvalue weighted by Crippen LogP contribution is 2.30. The second kappa shape index (κ2) is 4.54. The molecule has 2 nitrogen and oxygen atoms in total. The topological polar surface area (TPSA) is 29.3 Å². The lowest BCUT2D eigenvalue weighted by Crippen LogP contribution is -2.21. The first-order chi connectivity index (χ1) is 7.18. The monoisotopic (exact) mass is 268 g/mol. The van der Waals surface area contributed by atoms with Crippen LogP contribution in [0.3, 0.4) is 0 Å². The number of nitrogens with two attached hydrogens (primary N) is 1. The summed E-state index contributed by atoms with van der Waals surface area (Å²) < 4.78 is 1.13. The third-order valence-electron chi connectivity index (χ3n) is 2.93. The molecular weight excluding hydrogens is 252 g/mol. The molecule has 3 heteroatoms. The number of hydrogen-bond donors (Lipinski definition) is 1. The van der Waals surface area contributed by atoms with Crippen LogP contribution < -0.4 is 10.6 Å². The number of benzene rings is 1. The molecule has 0 saturated carbocycles. The average Bonchev–Trinajstić information content (AvgIpc) is 2.69. The Morgan fingerprint density at radius 1 is 1.33 bits per heavy atom. The zero-order chi connectivity index (χ0) is 10.8. The standard InChI is InChI=1S/C12H17BrN2/c1-9(14)11-5-4-10(13)8-12(11)15-6-2-3-7-15/h4-5,8-9H,2-3,6-7,14H2,1H3. The summed E-state index contributed by atoms with van der Waals surface area (Å²) in [5.74, 6) is 0. The minimum absolute atomic E-state index is 0.105. The molecular formula is C12H17BrN2. The van der Waals surface area contributed by atoms with Crippen LogP contribution in [0.15, 0.2) is 22.7 Å². The second-order valence-corrected chi connectivity index (χ2v) is 5.10. The van der Waals surface area contributed by atoms with E-state index in [1.807, 2.05) is 6.92 Å². The van der Waals surface area contributed by atoms with Crippen molar-refractivity contribution >= 4 is 21.6 Å². The summed E-state index contributed by atoms with van der Waals surface area (Å²) in [4.78, 5) is 2.43. The SMILES string of the molecule is CC(N)c1ccc(Br)cc1N1CCCC1. The first-order valence-corrected chi connectivity index (χ1v) is 6.28. The first-order valence-electron chi connectivity index (χ1n) is 5.48. The highest BCUT2D eigenvalue weighted by atomic mass is 79.9. The Morgan fingerprint density at radius 3 is 2.60 bits per heavy atom. The molecule has 0 spiro atoms. The van der Waals surface area contributed by atoms with E-state index in [1.165, 1.54) is 24.1 Å². The summed E-state index contributed by atoms with van der Waals surface area (Å²) in [5, 5.41) is 0. The Hall–Kier alpha value is -0.540. The Morgan fingerprint density at radius 2 is 2.00 bits per heavy atom. The molecule has 0 aliphatic carbocycles. The van der Waals surface area contributed by atoms with Gasteiger partial charge in [-0.25, -0.2) is 0 Å². The van der Waals surface area contributed by atoms with E-state index in [1.54, 1.807) is 0 Å². The number of nitrogens with zero attached hydrogens (tertiary/aromatic N) is 1. The lowest BCUT2D eigenvalue weighted by Gasteiger charge is -2.23. The highest BCUT2D eigenvalue weighted by Gasteiger charge is 2.17. The fraction of sp³-hybridized carbons (Fsp3) is 0.500. The maximum Gasteiger partial charge on any atom is 0.0425 e. The molecule has 1 fully saturated rings. The third kappa shape index (κ3) is 2.34. The predicted octanol–water partition coefficient (Wildman–Crippen LogP) is 3.07. The molecule has 2 rings (SSSR count). The van der Waals surface area contributed by atoms with Gasteiger partial charge in [0.1, 0.15) is 0 Å². The average molecular weight is 269 g/mol. The van der Waals surface area contributed by atoms with E-state index in [2.05, 4.69) is 39.0 Å². The maximum atomic E-state index is 5.99. The molecule has 1 aromatic rings. The van der Waals surface area contributed by atoms with Crippen molar-refractivity contribution in [3.8, 4) is 0 Å². The van der Waals surface area contributed by atoms with Crippen LogP contribution in [0, 0.1) is 0 Å². The van der Waals surface area contributed by atoms with Gasteiger partial charge in [-0.05, 0) is 37.5 Å². The van der Waals surface area contributed by atoms with Crippen molar-refractivity contribution in [1.29, 1.82) is 0 Å². The van der Waals surface area contributed by atoms with Crippen LogP contribution in [0.5, 0.6) is 0 Å². The van der Waals surface area contributed by atoms with Gasteiger partial charge in [-0.2, -0.15) is 0 Å². The molecule has 0 amide bonds. The van der Waals surface area contributed by atoms with E-state index in [4.69, 9.17) is 5.73 Å². The molecule has 1 aliphatic heterocycles. The van der Waals surface area contributed by atoms with E-state index in [0.717, 1.165) is 17.6 Å². The Kier molecular flexibility index (Phi) is 3.32. The van der Waals surface area contributed by atoms with Gasteiger partial charge in [-0.15, -0.1) is 0 Å². The van der Waals surface area contributed by atoms with E-state index in [9.17, 15) is 0 Å². The van der Waals surface area contributed by atoms with Crippen molar-refractivity contribution in [2.45, 2.75) is 25.8 Å². The fourth-order valence-corrected chi connectivity index (χ4v) is 2.48. The normalized spacial score (nSPS) is 18.2. The molecule has 1 aromatic carbocycles. The van der Waals surface area contributed by atoms with Gasteiger partial charge in [0, 0.05) is 29.3 Å². The summed E-state index contributed by atoms with van der Waals surface area (Å²) >= 11 is 3.53. The smallest absolute Gasteiger partial charge is 0.0425 e. The second-order valence-electron chi connectivity index (χ2n) is 4.19. The molecule has 1 aliphatic rings. The van der Waals surface area contributed by atoms with Crippen molar-refractivity contribution in [3.63, 3.8) is 0 Å². The third-order valence-corrected chi connectivity index (χ3v) is 3.42. The number of hydrogen-bond acceptors (Lipinski definition) is 2. The van der Waals surface area contributed by atoms with Crippen LogP contribution in [0.2, 0.25) is 0 Å². The van der Waals surface area contributed by atoms with Gasteiger partial charge in [-0.1, -0.05) is 22.0 Å². The zero-order valence-electron chi connectivity index (χ0n) is 9.04. The Bertz CT molecular complexity index is 343.